The van der Waals surface area contributed by atoms with E-state index in [1.165, 1.54) is 0 Å². The molecule has 0 saturated heterocycles. The Bertz CT molecular complexity index is 264. The summed E-state index contributed by atoms with van der Waals surface area (Å²) in [6, 6.07) is -0.0974. The fourth-order valence-electron chi connectivity index (χ4n) is 1.90. The Labute approximate surface area is 119 Å². The third-order valence-corrected chi connectivity index (χ3v) is 3.52. The van der Waals surface area contributed by atoms with Crippen molar-refractivity contribution in [2.75, 3.05) is 19.6 Å². The first-order chi connectivity index (χ1) is 8.73. The molecule has 0 bridgehead atoms. The molecule has 0 saturated carbocycles. The van der Waals surface area contributed by atoms with Crippen LogP contribution in [-0.2, 0) is 4.79 Å². The predicted molar refractivity (Wildman–Crippen MR) is 82.1 cm³/mol. The summed E-state index contributed by atoms with van der Waals surface area (Å²) in [6.07, 6.45) is 1.86. The Kier molecular flexibility index (Phi) is 8.26. The van der Waals surface area contributed by atoms with Gasteiger partial charge in [-0.2, -0.15) is 0 Å². The fourth-order valence-corrected chi connectivity index (χ4v) is 1.90. The summed E-state index contributed by atoms with van der Waals surface area (Å²) < 4.78 is 0. The lowest BCUT2D eigenvalue weighted by molar-refractivity contribution is -0.127. The molecule has 0 aromatic carbocycles. The number of hydrogen-bond donors (Lipinski definition) is 2. The van der Waals surface area contributed by atoms with Crippen LogP contribution in [0.1, 0.15) is 54.4 Å². The van der Waals surface area contributed by atoms with Gasteiger partial charge in [-0.25, -0.2) is 0 Å². The van der Waals surface area contributed by atoms with Crippen LogP contribution >= 0.6 is 0 Å². The molecular weight excluding hydrogens is 238 g/mol. The van der Waals surface area contributed by atoms with E-state index in [0.29, 0.717) is 12.5 Å². The summed E-state index contributed by atoms with van der Waals surface area (Å²) >= 11 is 0. The second-order valence-corrected chi connectivity index (χ2v) is 6.43. The number of rotatable bonds is 9. The van der Waals surface area contributed by atoms with Gasteiger partial charge >= 0.3 is 0 Å². The van der Waals surface area contributed by atoms with Gasteiger partial charge in [0, 0.05) is 18.6 Å². The molecule has 0 rings (SSSR count). The number of carbonyl (C=O) groups is 1. The summed E-state index contributed by atoms with van der Waals surface area (Å²) in [6.45, 7) is 15.0. The summed E-state index contributed by atoms with van der Waals surface area (Å²) in [4.78, 5) is 14.6. The van der Waals surface area contributed by atoms with Crippen molar-refractivity contribution in [2.24, 2.45) is 11.7 Å². The molecule has 4 heteroatoms. The molecular formula is C15H33N3O. The smallest absolute Gasteiger partial charge is 0.237 e. The largest absolute Gasteiger partial charge is 0.350 e. The first kappa shape index (κ1) is 18.4. The summed E-state index contributed by atoms with van der Waals surface area (Å²) in [7, 11) is 0. The van der Waals surface area contributed by atoms with Crippen molar-refractivity contribution in [1.29, 1.82) is 0 Å². The molecule has 0 heterocycles. The average molecular weight is 271 g/mol. The number of nitrogens with zero attached hydrogens (tertiary/aromatic N) is 1. The van der Waals surface area contributed by atoms with Crippen LogP contribution in [0.25, 0.3) is 0 Å². The second kappa shape index (κ2) is 8.54. The predicted octanol–water partition coefficient (Wildman–Crippen LogP) is 1.99. The van der Waals surface area contributed by atoms with E-state index in [9.17, 15) is 4.79 Å². The SMILES string of the molecule is CCC(C)(C)NC(=O)C(C)N(CCCN)CC(C)C. The van der Waals surface area contributed by atoms with E-state index in [1.54, 1.807) is 0 Å². The highest BCUT2D eigenvalue weighted by atomic mass is 16.2. The van der Waals surface area contributed by atoms with Crippen LogP contribution in [0.15, 0.2) is 0 Å². The van der Waals surface area contributed by atoms with Crippen molar-refractivity contribution in [3.63, 3.8) is 0 Å². The maximum atomic E-state index is 12.3. The van der Waals surface area contributed by atoms with Crippen LogP contribution in [0.2, 0.25) is 0 Å². The summed E-state index contributed by atoms with van der Waals surface area (Å²) in [5.74, 6) is 0.664. The van der Waals surface area contributed by atoms with Crippen LogP contribution in [0.4, 0.5) is 0 Å². The molecule has 114 valence electrons. The van der Waals surface area contributed by atoms with Crippen LogP contribution in [-0.4, -0.2) is 42.0 Å². The van der Waals surface area contributed by atoms with Gasteiger partial charge in [0.05, 0.1) is 6.04 Å². The second-order valence-electron chi connectivity index (χ2n) is 6.43. The lowest BCUT2D eigenvalue weighted by Crippen LogP contribution is -2.52. The molecule has 0 aliphatic carbocycles. The minimum absolute atomic E-state index is 0.0974. The van der Waals surface area contributed by atoms with E-state index in [0.717, 1.165) is 25.9 Å². The number of carbonyl (C=O) groups excluding carboxylic acids is 1. The number of amides is 1. The van der Waals surface area contributed by atoms with Crippen molar-refractivity contribution in [1.82, 2.24) is 10.2 Å². The van der Waals surface area contributed by atoms with E-state index < -0.39 is 0 Å². The van der Waals surface area contributed by atoms with Crippen molar-refractivity contribution in [3.8, 4) is 0 Å². The van der Waals surface area contributed by atoms with E-state index in [-0.39, 0.29) is 17.5 Å². The normalized spacial score (nSPS) is 13.9. The molecule has 3 N–H and O–H groups in total. The Balaban J connectivity index is 4.59. The minimum Gasteiger partial charge on any atom is -0.350 e. The summed E-state index contributed by atoms with van der Waals surface area (Å²) in [5.41, 5.74) is 5.44. The Morgan fingerprint density at radius 3 is 2.32 bits per heavy atom. The minimum atomic E-state index is -0.136. The molecule has 0 spiro atoms. The maximum absolute atomic E-state index is 12.3. The van der Waals surface area contributed by atoms with E-state index in [4.69, 9.17) is 5.73 Å². The van der Waals surface area contributed by atoms with Gasteiger partial charge in [-0.3, -0.25) is 9.69 Å². The highest BCUT2D eigenvalue weighted by Gasteiger charge is 2.26. The van der Waals surface area contributed by atoms with Gasteiger partial charge in [0.15, 0.2) is 0 Å². The van der Waals surface area contributed by atoms with Gasteiger partial charge in [-0.1, -0.05) is 20.8 Å². The number of hydrogen-bond acceptors (Lipinski definition) is 3. The van der Waals surface area contributed by atoms with E-state index in [1.807, 2.05) is 6.92 Å². The lowest BCUT2D eigenvalue weighted by atomic mass is 10.0. The Morgan fingerprint density at radius 1 is 1.32 bits per heavy atom. The zero-order valence-corrected chi connectivity index (χ0v) is 13.6. The molecule has 0 aliphatic rings. The molecule has 0 fully saturated rings. The molecule has 4 nitrogen and oxygen atoms in total. The monoisotopic (exact) mass is 271 g/mol. The first-order valence-electron chi connectivity index (χ1n) is 7.49. The topological polar surface area (TPSA) is 58.4 Å². The van der Waals surface area contributed by atoms with Crippen LogP contribution < -0.4 is 11.1 Å². The van der Waals surface area contributed by atoms with Crippen molar-refractivity contribution in [3.05, 3.63) is 0 Å². The molecule has 1 atom stereocenters. The first-order valence-corrected chi connectivity index (χ1v) is 7.49. The van der Waals surface area contributed by atoms with Gasteiger partial charge in [0.1, 0.15) is 0 Å². The standard InChI is InChI=1S/C15H33N3O/c1-7-15(5,6)17-14(19)13(4)18(10-8-9-16)11-12(2)3/h12-13H,7-11,16H2,1-6H3,(H,17,19). The van der Waals surface area contributed by atoms with Crippen LogP contribution in [0.3, 0.4) is 0 Å². The molecule has 0 aromatic heterocycles. The van der Waals surface area contributed by atoms with Crippen LogP contribution in [0.5, 0.6) is 0 Å². The van der Waals surface area contributed by atoms with Gasteiger partial charge in [0.2, 0.25) is 5.91 Å². The fraction of sp³-hybridized carbons (Fsp3) is 0.933. The van der Waals surface area contributed by atoms with Gasteiger partial charge < -0.3 is 11.1 Å². The third-order valence-electron chi connectivity index (χ3n) is 3.52. The lowest BCUT2D eigenvalue weighted by Gasteiger charge is -2.33. The van der Waals surface area contributed by atoms with Crippen LogP contribution in [0, 0.1) is 5.92 Å². The molecule has 0 radical (unpaired) electrons. The molecule has 0 aromatic rings. The number of nitrogens with two attached hydrogens (primary N) is 1. The Morgan fingerprint density at radius 2 is 1.89 bits per heavy atom. The zero-order chi connectivity index (χ0) is 15.1. The Hall–Kier alpha value is -0.610. The molecule has 1 amide bonds. The van der Waals surface area contributed by atoms with E-state index in [2.05, 4.69) is 44.8 Å². The molecule has 19 heavy (non-hydrogen) atoms. The van der Waals surface area contributed by atoms with Gasteiger partial charge in [-0.05, 0) is 46.1 Å². The van der Waals surface area contributed by atoms with E-state index >= 15 is 0 Å². The molecule has 0 aliphatic heterocycles. The number of nitrogens with one attached hydrogen (secondary N) is 1. The third kappa shape index (κ3) is 7.53. The zero-order valence-electron chi connectivity index (χ0n) is 13.6. The van der Waals surface area contributed by atoms with Crippen molar-refractivity contribution < 1.29 is 4.79 Å². The van der Waals surface area contributed by atoms with Crippen molar-refractivity contribution in [2.45, 2.75) is 66.0 Å². The van der Waals surface area contributed by atoms with Gasteiger partial charge in [0.25, 0.3) is 0 Å². The quantitative estimate of drug-likeness (QED) is 0.674. The highest BCUT2D eigenvalue weighted by molar-refractivity contribution is 5.82. The molecule has 1 unspecified atom stereocenters. The van der Waals surface area contributed by atoms with Gasteiger partial charge in [-0.15, -0.1) is 0 Å². The highest BCUT2D eigenvalue weighted by Crippen LogP contribution is 2.10. The average Bonchev–Trinajstić information content (AvgIpc) is 2.32. The maximum Gasteiger partial charge on any atom is 0.237 e. The summed E-state index contributed by atoms with van der Waals surface area (Å²) in [5, 5.41) is 3.12. The van der Waals surface area contributed by atoms with Crippen molar-refractivity contribution >= 4 is 5.91 Å².